The first kappa shape index (κ1) is 20.7. The molecule has 0 atom stereocenters. The number of fused-ring (bicyclic) bond motifs is 3. The van der Waals surface area contributed by atoms with Crippen LogP contribution < -0.4 is 5.56 Å². The van der Waals surface area contributed by atoms with Crippen molar-refractivity contribution >= 4 is 57.5 Å². The van der Waals surface area contributed by atoms with E-state index >= 15 is 0 Å². The minimum atomic E-state index is -0.0564. The fourth-order valence-electron chi connectivity index (χ4n) is 3.53. The van der Waals surface area contributed by atoms with Gasteiger partial charge in [0.25, 0.3) is 5.56 Å². The lowest BCUT2D eigenvalue weighted by Gasteiger charge is -2.11. The molecule has 0 amide bonds. The first-order chi connectivity index (χ1) is 13.0. The summed E-state index contributed by atoms with van der Waals surface area (Å²) in [7, 11) is 1.93. The molecule has 2 aromatic carbocycles. The van der Waals surface area contributed by atoms with Crippen LogP contribution in [0.15, 0.2) is 47.3 Å². The standard InChI is InChI=1S/C21H19Cl2N3O.ClH/c1-3-4-11-26-17-8-6-5-7-14(17)19-18(21(26)27)24-20(25(19)2)13-9-10-15(22)16(23)12-13;/h5-10,12H,3-4,11H2,1-2H3;1H. The number of benzene rings is 2. The van der Waals surface area contributed by atoms with Crippen LogP contribution in [0.1, 0.15) is 19.8 Å². The second kappa shape index (κ2) is 8.16. The predicted molar refractivity (Wildman–Crippen MR) is 120 cm³/mol. The Kier molecular flexibility index (Phi) is 6.04. The highest BCUT2D eigenvalue weighted by molar-refractivity contribution is 6.42. The molecule has 4 rings (SSSR count). The van der Waals surface area contributed by atoms with Crippen LogP contribution in [0.2, 0.25) is 10.0 Å². The molecule has 4 nitrogen and oxygen atoms in total. The van der Waals surface area contributed by atoms with Gasteiger partial charge < -0.3 is 9.13 Å². The number of unbranched alkanes of at least 4 members (excludes halogenated alkanes) is 1. The van der Waals surface area contributed by atoms with Gasteiger partial charge in [0.2, 0.25) is 0 Å². The molecule has 0 aliphatic carbocycles. The summed E-state index contributed by atoms with van der Waals surface area (Å²) in [6, 6.07) is 13.4. The molecule has 28 heavy (non-hydrogen) atoms. The minimum Gasteiger partial charge on any atom is -0.326 e. The lowest BCUT2D eigenvalue weighted by Crippen LogP contribution is -2.21. The molecule has 0 radical (unpaired) electrons. The molecular weight excluding hydrogens is 417 g/mol. The summed E-state index contributed by atoms with van der Waals surface area (Å²) in [5, 5.41) is 1.97. The molecule has 0 aliphatic heterocycles. The smallest absolute Gasteiger partial charge is 0.279 e. The van der Waals surface area contributed by atoms with E-state index < -0.39 is 0 Å². The quantitative estimate of drug-likeness (QED) is 0.389. The second-order valence-electron chi connectivity index (χ2n) is 6.65. The maximum atomic E-state index is 13.2. The van der Waals surface area contributed by atoms with Crippen LogP contribution in [0.5, 0.6) is 0 Å². The summed E-state index contributed by atoms with van der Waals surface area (Å²) >= 11 is 12.2. The van der Waals surface area contributed by atoms with E-state index in [9.17, 15) is 4.79 Å². The molecule has 7 heteroatoms. The summed E-state index contributed by atoms with van der Waals surface area (Å²) in [5.41, 5.74) is 3.02. The van der Waals surface area contributed by atoms with Crippen LogP contribution in [0, 0.1) is 0 Å². The third-order valence-corrected chi connectivity index (χ3v) is 5.64. The van der Waals surface area contributed by atoms with Crippen molar-refractivity contribution in [2.75, 3.05) is 0 Å². The highest BCUT2D eigenvalue weighted by Crippen LogP contribution is 2.31. The Labute approximate surface area is 179 Å². The third-order valence-electron chi connectivity index (χ3n) is 4.91. The second-order valence-corrected chi connectivity index (χ2v) is 7.46. The Morgan fingerprint density at radius 2 is 1.82 bits per heavy atom. The first-order valence-corrected chi connectivity index (χ1v) is 9.72. The van der Waals surface area contributed by atoms with Gasteiger partial charge in [-0.05, 0) is 30.7 Å². The zero-order valence-corrected chi connectivity index (χ0v) is 17.9. The molecule has 146 valence electrons. The predicted octanol–water partition coefficient (Wildman–Crippen LogP) is 6.08. The van der Waals surface area contributed by atoms with E-state index in [1.807, 2.05) is 46.5 Å². The summed E-state index contributed by atoms with van der Waals surface area (Å²) in [5.74, 6) is 0.694. The Bertz CT molecular complexity index is 1230. The van der Waals surface area contributed by atoms with E-state index in [1.54, 1.807) is 12.1 Å². The summed E-state index contributed by atoms with van der Waals surface area (Å²) < 4.78 is 3.80. The molecule has 0 unspecified atom stereocenters. The third kappa shape index (κ3) is 3.30. The number of rotatable bonds is 4. The topological polar surface area (TPSA) is 39.8 Å². The average Bonchev–Trinajstić information content (AvgIpc) is 3.02. The van der Waals surface area contributed by atoms with Crippen molar-refractivity contribution in [3.05, 3.63) is 62.9 Å². The van der Waals surface area contributed by atoms with E-state index in [0.717, 1.165) is 34.8 Å². The number of hydrogen-bond donors (Lipinski definition) is 0. The largest absolute Gasteiger partial charge is 0.326 e. The van der Waals surface area contributed by atoms with Gasteiger partial charge in [-0.2, -0.15) is 0 Å². The lowest BCUT2D eigenvalue weighted by atomic mass is 10.1. The lowest BCUT2D eigenvalue weighted by molar-refractivity contribution is 0.634. The number of para-hydroxylation sites is 1. The maximum Gasteiger partial charge on any atom is 0.279 e. The summed E-state index contributed by atoms with van der Waals surface area (Å²) in [6.45, 7) is 2.80. The number of pyridine rings is 1. The van der Waals surface area contributed by atoms with Crippen molar-refractivity contribution in [2.45, 2.75) is 26.3 Å². The van der Waals surface area contributed by atoms with Crippen LogP contribution in [0.4, 0.5) is 0 Å². The molecule has 2 aromatic heterocycles. The molecule has 4 aromatic rings. The minimum absolute atomic E-state index is 0. The van der Waals surface area contributed by atoms with Crippen molar-refractivity contribution in [2.24, 2.45) is 7.05 Å². The normalized spacial score (nSPS) is 11.1. The van der Waals surface area contributed by atoms with Gasteiger partial charge in [0.15, 0.2) is 5.52 Å². The van der Waals surface area contributed by atoms with Crippen molar-refractivity contribution in [1.82, 2.24) is 14.1 Å². The van der Waals surface area contributed by atoms with Crippen LogP contribution in [0.3, 0.4) is 0 Å². The number of halogens is 3. The molecule has 0 fully saturated rings. The Balaban J connectivity index is 0.00000225. The molecule has 0 aliphatic rings. The van der Waals surface area contributed by atoms with Crippen molar-refractivity contribution in [3.8, 4) is 11.4 Å². The number of hydrogen-bond acceptors (Lipinski definition) is 2. The van der Waals surface area contributed by atoms with E-state index in [2.05, 4.69) is 6.92 Å². The van der Waals surface area contributed by atoms with E-state index in [-0.39, 0.29) is 18.0 Å². The monoisotopic (exact) mass is 435 g/mol. The SMILES string of the molecule is CCCCn1c(=O)c2nc(-c3ccc(Cl)c(Cl)c3)n(C)c2c2ccccc21.Cl. The van der Waals surface area contributed by atoms with E-state index in [1.165, 1.54) is 0 Å². The van der Waals surface area contributed by atoms with Gasteiger partial charge in [0, 0.05) is 24.5 Å². The molecule has 0 spiro atoms. The van der Waals surface area contributed by atoms with Gasteiger partial charge in [0.05, 0.1) is 21.1 Å². The maximum absolute atomic E-state index is 13.2. The summed E-state index contributed by atoms with van der Waals surface area (Å²) in [4.78, 5) is 17.9. The molecule has 0 saturated carbocycles. The number of aromatic nitrogens is 3. The van der Waals surface area contributed by atoms with Gasteiger partial charge >= 0.3 is 0 Å². The molecule has 0 N–H and O–H groups in total. The number of nitrogens with zero attached hydrogens (tertiary/aromatic N) is 3. The van der Waals surface area contributed by atoms with Crippen molar-refractivity contribution in [1.29, 1.82) is 0 Å². The fourth-order valence-corrected chi connectivity index (χ4v) is 3.83. The van der Waals surface area contributed by atoms with Crippen molar-refractivity contribution in [3.63, 3.8) is 0 Å². The molecule has 0 bridgehead atoms. The molecular formula is C21H20Cl3N3O. The molecule has 0 saturated heterocycles. The number of aryl methyl sites for hydroxylation is 2. The van der Waals surface area contributed by atoms with Crippen LogP contribution >= 0.6 is 35.6 Å². The van der Waals surface area contributed by atoms with Gasteiger partial charge in [-0.3, -0.25) is 4.79 Å². The van der Waals surface area contributed by atoms with Crippen LogP contribution in [-0.4, -0.2) is 14.1 Å². The van der Waals surface area contributed by atoms with E-state index in [0.29, 0.717) is 27.9 Å². The van der Waals surface area contributed by atoms with Crippen LogP contribution in [-0.2, 0) is 13.6 Å². The summed E-state index contributed by atoms with van der Waals surface area (Å²) in [6.07, 6.45) is 1.97. The fraction of sp³-hybridized carbons (Fsp3) is 0.238. The zero-order chi connectivity index (χ0) is 19.1. The van der Waals surface area contributed by atoms with Crippen molar-refractivity contribution < 1.29 is 0 Å². The average molecular weight is 437 g/mol. The van der Waals surface area contributed by atoms with Gasteiger partial charge in [0.1, 0.15) is 5.82 Å². The van der Waals surface area contributed by atoms with Gasteiger partial charge in [-0.25, -0.2) is 4.98 Å². The highest BCUT2D eigenvalue weighted by Gasteiger charge is 2.18. The zero-order valence-electron chi connectivity index (χ0n) is 15.6. The van der Waals surface area contributed by atoms with E-state index in [4.69, 9.17) is 28.2 Å². The Morgan fingerprint density at radius 1 is 1.07 bits per heavy atom. The first-order valence-electron chi connectivity index (χ1n) is 8.96. The Morgan fingerprint density at radius 3 is 2.54 bits per heavy atom. The molecule has 2 heterocycles. The van der Waals surface area contributed by atoms with Crippen LogP contribution in [0.25, 0.3) is 33.3 Å². The Hall–Kier alpha value is -2.01. The highest BCUT2D eigenvalue weighted by atomic mass is 35.5. The van der Waals surface area contributed by atoms with Gasteiger partial charge in [-0.15, -0.1) is 12.4 Å². The number of imidazole rings is 1. The van der Waals surface area contributed by atoms with Gasteiger partial charge in [-0.1, -0.05) is 54.7 Å².